The lowest BCUT2D eigenvalue weighted by Crippen LogP contribution is -2.49. The summed E-state index contributed by atoms with van der Waals surface area (Å²) in [6.07, 6.45) is 3.27. The van der Waals surface area contributed by atoms with E-state index in [1.165, 1.54) is 0 Å². The molecule has 0 aromatic rings. The molecule has 5 heteroatoms. The Kier molecular flexibility index (Phi) is 3.23. The van der Waals surface area contributed by atoms with Gasteiger partial charge in [0.2, 0.25) is 5.91 Å². The van der Waals surface area contributed by atoms with Gasteiger partial charge in [0.25, 0.3) is 0 Å². The van der Waals surface area contributed by atoms with Crippen LogP contribution in [-0.4, -0.2) is 54.0 Å². The minimum Gasteiger partial charge on any atom is -0.375 e. The minimum absolute atomic E-state index is 0.0529. The van der Waals surface area contributed by atoms with Crippen molar-refractivity contribution in [3.63, 3.8) is 0 Å². The molecule has 2 saturated heterocycles. The molecule has 1 unspecified atom stereocenters. The van der Waals surface area contributed by atoms with E-state index in [-0.39, 0.29) is 18.1 Å². The molecular formula is C10H18N2O2S. The summed E-state index contributed by atoms with van der Waals surface area (Å²) >= 11 is 4.37. The molecule has 2 heterocycles. The first-order valence-electron chi connectivity index (χ1n) is 5.41. The highest BCUT2D eigenvalue weighted by Gasteiger charge is 2.47. The predicted molar refractivity (Wildman–Crippen MR) is 60.7 cm³/mol. The van der Waals surface area contributed by atoms with E-state index in [4.69, 9.17) is 4.74 Å². The Balaban J connectivity index is 2.07. The van der Waals surface area contributed by atoms with Gasteiger partial charge in [0, 0.05) is 26.7 Å². The number of carbonyl (C=O) groups is 1. The molecule has 2 aliphatic rings. The molecule has 1 atom stereocenters. The maximum atomic E-state index is 11.9. The van der Waals surface area contributed by atoms with Crippen LogP contribution in [0.15, 0.2) is 0 Å². The van der Waals surface area contributed by atoms with E-state index in [1.54, 1.807) is 7.11 Å². The fourth-order valence-corrected chi connectivity index (χ4v) is 3.15. The zero-order chi connectivity index (χ0) is 10.9. The molecule has 2 fully saturated rings. The molecule has 0 N–H and O–H groups in total. The maximum absolute atomic E-state index is 11.9. The van der Waals surface area contributed by atoms with Gasteiger partial charge in [0.15, 0.2) is 0 Å². The van der Waals surface area contributed by atoms with Crippen molar-refractivity contribution in [3.05, 3.63) is 0 Å². The zero-order valence-corrected chi connectivity index (χ0v) is 10.0. The number of methoxy groups -OCH3 is 1. The first-order chi connectivity index (χ1) is 7.18. The van der Waals surface area contributed by atoms with Crippen LogP contribution in [0.3, 0.4) is 0 Å². The van der Waals surface area contributed by atoms with Gasteiger partial charge in [0.05, 0.1) is 5.54 Å². The third-order valence-electron chi connectivity index (χ3n) is 3.48. The summed E-state index contributed by atoms with van der Waals surface area (Å²) in [5.41, 5.74) is 0.0529. The summed E-state index contributed by atoms with van der Waals surface area (Å²) < 4.78 is 6.93. The average Bonchev–Trinajstić information content (AvgIpc) is 2.75. The fraction of sp³-hybridized carbons (Fsp3) is 0.900. The summed E-state index contributed by atoms with van der Waals surface area (Å²) in [7, 11) is 1.57. The molecule has 0 bridgehead atoms. The number of carbonyl (C=O) groups excluding carboxylic acids is 1. The summed E-state index contributed by atoms with van der Waals surface area (Å²) in [6, 6.07) is 0. The highest BCUT2D eigenvalue weighted by Crippen LogP contribution is 2.38. The van der Waals surface area contributed by atoms with Gasteiger partial charge in [-0.3, -0.25) is 9.10 Å². The van der Waals surface area contributed by atoms with E-state index in [0.29, 0.717) is 0 Å². The van der Waals surface area contributed by atoms with Gasteiger partial charge in [-0.15, -0.1) is 0 Å². The van der Waals surface area contributed by atoms with Crippen LogP contribution >= 0.6 is 12.8 Å². The minimum atomic E-state index is 0.0529. The molecule has 2 rings (SSSR count). The predicted octanol–water partition coefficient (Wildman–Crippen LogP) is 0.544. The lowest BCUT2D eigenvalue weighted by Gasteiger charge is -2.34. The Morgan fingerprint density at radius 2 is 2.27 bits per heavy atom. The Bertz CT molecular complexity index is 262. The normalized spacial score (nSPS) is 31.7. The molecule has 1 amide bonds. The number of amides is 1. The number of ether oxygens (including phenoxy) is 1. The first kappa shape index (κ1) is 11.2. The van der Waals surface area contributed by atoms with E-state index >= 15 is 0 Å². The van der Waals surface area contributed by atoms with Crippen molar-refractivity contribution >= 4 is 18.7 Å². The fourth-order valence-electron chi connectivity index (χ4n) is 2.79. The van der Waals surface area contributed by atoms with Crippen molar-refractivity contribution in [2.45, 2.75) is 24.8 Å². The van der Waals surface area contributed by atoms with Crippen LogP contribution in [0.25, 0.3) is 0 Å². The van der Waals surface area contributed by atoms with Crippen molar-refractivity contribution in [3.8, 4) is 0 Å². The molecule has 0 aromatic heterocycles. The van der Waals surface area contributed by atoms with Gasteiger partial charge in [0.1, 0.15) is 6.61 Å². The molecule has 0 saturated carbocycles. The Morgan fingerprint density at radius 1 is 1.47 bits per heavy atom. The number of nitrogens with zero attached hydrogens (tertiary/aromatic N) is 2. The van der Waals surface area contributed by atoms with Crippen molar-refractivity contribution < 1.29 is 9.53 Å². The molecule has 0 aliphatic carbocycles. The highest BCUT2D eigenvalue weighted by atomic mass is 32.1. The standard InChI is InChI=1S/C10H18N2O2S/c1-14-7-9(13)12-5-2-3-10(12)4-6-11(15)8-10/h15H,2-8H2,1H3. The van der Waals surface area contributed by atoms with E-state index in [1.807, 2.05) is 9.21 Å². The maximum Gasteiger partial charge on any atom is 0.249 e. The molecular weight excluding hydrogens is 212 g/mol. The van der Waals surface area contributed by atoms with Crippen LogP contribution in [0.5, 0.6) is 0 Å². The van der Waals surface area contributed by atoms with Gasteiger partial charge in [-0.25, -0.2) is 0 Å². The number of hydrogen-bond donors (Lipinski definition) is 1. The quantitative estimate of drug-likeness (QED) is 0.703. The smallest absolute Gasteiger partial charge is 0.249 e. The van der Waals surface area contributed by atoms with Crippen LogP contribution in [-0.2, 0) is 9.53 Å². The van der Waals surface area contributed by atoms with E-state index in [9.17, 15) is 4.79 Å². The van der Waals surface area contributed by atoms with Crippen LogP contribution in [0.2, 0.25) is 0 Å². The molecule has 2 aliphatic heterocycles. The van der Waals surface area contributed by atoms with E-state index in [2.05, 4.69) is 12.8 Å². The van der Waals surface area contributed by atoms with Crippen molar-refractivity contribution in [1.82, 2.24) is 9.21 Å². The third kappa shape index (κ3) is 2.00. The van der Waals surface area contributed by atoms with E-state index in [0.717, 1.165) is 38.9 Å². The van der Waals surface area contributed by atoms with Gasteiger partial charge in [-0.2, -0.15) is 0 Å². The molecule has 0 aromatic carbocycles. The number of thiol groups is 1. The lowest BCUT2D eigenvalue weighted by molar-refractivity contribution is -0.138. The van der Waals surface area contributed by atoms with Gasteiger partial charge in [-0.05, 0) is 19.3 Å². The van der Waals surface area contributed by atoms with Gasteiger partial charge < -0.3 is 9.64 Å². The van der Waals surface area contributed by atoms with Crippen molar-refractivity contribution in [2.75, 3.05) is 33.4 Å². The average molecular weight is 230 g/mol. The topological polar surface area (TPSA) is 32.8 Å². The Morgan fingerprint density at radius 3 is 2.87 bits per heavy atom. The number of rotatable bonds is 2. The second kappa shape index (κ2) is 4.31. The largest absolute Gasteiger partial charge is 0.375 e. The lowest BCUT2D eigenvalue weighted by atomic mass is 9.95. The number of hydrogen-bond acceptors (Lipinski definition) is 4. The van der Waals surface area contributed by atoms with Gasteiger partial charge in [-0.1, -0.05) is 12.8 Å². The van der Waals surface area contributed by atoms with Crippen LogP contribution in [0, 0.1) is 0 Å². The van der Waals surface area contributed by atoms with Crippen molar-refractivity contribution in [2.24, 2.45) is 0 Å². The first-order valence-corrected chi connectivity index (χ1v) is 5.81. The molecule has 86 valence electrons. The SMILES string of the molecule is COCC(=O)N1CCCC12CCN(S)C2. The van der Waals surface area contributed by atoms with E-state index < -0.39 is 0 Å². The summed E-state index contributed by atoms with van der Waals surface area (Å²) in [5.74, 6) is 0.124. The second-order valence-corrected chi connectivity index (χ2v) is 5.01. The molecule has 15 heavy (non-hydrogen) atoms. The zero-order valence-electron chi connectivity index (χ0n) is 9.11. The molecule has 4 nitrogen and oxygen atoms in total. The summed E-state index contributed by atoms with van der Waals surface area (Å²) in [6.45, 7) is 2.95. The van der Waals surface area contributed by atoms with Gasteiger partial charge >= 0.3 is 0 Å². The van der Waals surface area contributed by atoms with Crippen LogP contribution in [0.4, 0.5) is 0 Å². The second-order valence-electron chi connectivity index (χ2n) is 4.44. The molecule has 0 radical (unpaired) electrons. The Hall–Kier alpha value is -0.260. The number of likely N-dealkylation sites (tertiary alicyclic amines) is 1. The van der Waals surface area contributed by atoms with Crippen LogP contribution in [0.1, 0.15) is 19.3 Å². The monoisotopic (exact) mass is 230 g/mol. The Labute approximate surface area is 96.1 Å². The highest BCUT2D eigenvalue weighted by molar-refractivity contribution is 7.77. The van der Waals surface area contributed by atoms with Crippen LogP contribution < -0.4 is 0 Å². The summed E-state index contributed by atoms with van der Waals surface area (Å²) in [5, 5.41) is 0. The molecule has 1 spiro atoms. The third-order valence-corrected chi connectivity index (χ3v) is 3.82. The summed E-state index contributed by atoms with van der Waals surface area (Å²) in [4.78, 5) is 13.9. The van der Waals surface area contributed by atoms with Crippen molar-refractivity contribution in [1.29, 1.82) is 0 Å².